The van der Waals surface area contributed by atoms with Gasteiger partial charge in [0.1, 0.15) is 0 Å². The van der Waals surface area contributed by atoms with Crippen molar-refractivity contribution in [2.75, 3.05) is 37.5 Å². The summed E-state index contributed by atoms with van der Waals surface area (Å²) in [6.07, 6.45) is 0. The largest absolute Gasteiger partial charge is 0.465 e. The highest BCUT2D eigenvalue weighted by atomic mass is 16.6. The lowest BCUT2D eigenvalue weighted by Crippen LogP contribution is -2.21. The van der Waals surface area contributed by atoms with Crippen LogP contribution in [-0.2, 0) is 14.3 Å². The molecule has 30 heavy (non-hydrogen) atoms. The number of esters is 2. The maximum Gasteiger partial charge on any atom is 0.341 e. The molecule has 0 aromatic heterocycles. The van der Waals surface area contributed by atoms with E-state index in [1.54, 1.807) is 0 Å². The van der Waals surface area contributed by atoms with Crippen molar-refractivity contribution in [1.82, 2.24) is 0 Å². The maximum absolute atomic E-state index is 12.3. The summed E-state index contributed by atoms with van der Waals surface area (Å²) in [7, 11) is 1.25. The number of hydrogen-bond acceptors (Lipinski definition) is 9. The molecule has 0 heterocycles. The molecule has 0 saturated carbocycles. The first-order valence-corrected chi connectivity index (χ1v) is 8.64. The summed E-state index contributed by atoms with van der Waals surface area (Å²) in [5.41, 5.74) is 0.415. The van der Waals surface area contributed by atoms with Gasteiger partial charge in [-0.05, 0) is 30.3 Å². The first-order chi connectivity index (χ1) is 14.3. The van der Waals surface area contributed by atoms with Crippen molar-refractivity contribution in [2.45, 2.75) is 0 Å². The first-order valence-electron chi connectivity index (χ1n) is 8.64. The lowest BCUT2D eigenvalue weighted by molar-refractivity contribution is -0.384. The fraction of sp³-hybridized carbons (Fsp3) is 0.211. The number of benzene rings is 2. The number of nitro groups is 1. The molecule has 2 rings (SSSR count). The van der Waals surface area contributed by atoms with Crippen LogP contribution in [0, 0.1) is 10.1 Å². The Morgan fingerprint density at radius 3 is 2.40 bits per heavy atom. The van der Waals surface area contributed by atoms with Gasteiger partial charge < -0.3 is 25.2 Å². The van der Waals surface area contributed by atoms with Crippen LogP contribution in [-0.4, -0.2) is 54.7 Å². The molecule has 3 N–H and O–H groups in total. The summed E-state index contributed by atoms with van der Waals surface area (Å²) in [6, 6.07) is 9.39. The second kappa shape index (κ2) is 10.5. The molecule has 158 valence electrons. The summed E-state index contributed by atoms with van der Waals surface area (Å²) in [5.74, 6) is -2.12. The van der Waals surface area contributed by atoms with Gasteiger partial charge in [0.25, 0.3) is 11.6 Å². The lowest BCUT2D eigenvalue weighted by Gasteiger charge is -2.11. The topological polar surface area (TPSA) is 157 Å². The van der Waals surface area contributed by atoms with Crippen LogP contribution in [0.2, 0.25) is 0 Å². The van der Waals surface area contributed by atoms with Gasteiger partial charge in [-0.2, -0.15) is 0 Å². The maximum atomic E-state index is 12.3. The van der Waals surface area contributed by atoms with E-state index in [1.165, 1.54) is 43.5 Å². The fourth-order valence-corrected chi connectivity index (χ4v) is 2.37. The zero-order chi connectivity index (χ0) is 22.1. The fourth-order valence-electron chi connectivity index (χ4n) is 2.37. The third-order valence-corrected chi connectivity index (χ3v) is 3.79. The monoisotopic (exact) mass is 417 g/mol. The van der Waals surface area contributed by atoms with E-state index in [-0.39, 0.29) is 30.1 Å². The third-order valence-electron chi connectivity index (χ3n) is 3.79. The minimum absolute atomic E-state index is 0.111. The second-order valence-corrected chi connectivity index (χ2v) is 5.83. The number of methoxy groups -OCH3 is 1. The number of non-ortho nitro benzene ring substituents is 1. The molecule has 0 aliphatic heterocycles. The zero-order valence-corrected chi connectivity index (χ0v) is 15.9. The van der Waals surface area contributed by atoms with Crippen molar-refractivity contribution in [3.8, 4) is 0 Å². The first kappa shape index (κ1) is 22.3. The number of amides is 1. The van der Waals surface area contributed by atoms with Crippen LogP contribution in [0.1, 0.15) is 20.7 Å². The van der Waals surface area contributed by atoms with Crippen LogP contribution in [0.15, 0.2) is 42.5 Å². The predicted octanol–water partition coefficient (Wildman–Crippen LogP) is 1.58. The highest BCUT2D eigenvalue weighted by Gasteiger charge is 2.19. The predicted molar refractivity (Wildman–Crippen MR) is 105 cm³/mol. The van der Waals surface area contributed by atoms with E-state index in [2.05, 4.69) is 15.4 Å². The molecule has 11 heteroatoms. The number of aliphatic hydroxyl groups excluding tert-OH is 1. The Hall–Kier alpha value is -3.99. The molecule has 0 aliphatic carbocycles. The number of hydrogen-bond donors (Lipinski definition) is 3. The molecule has 2 aromatic carbocycles. The molecule has 0 unspecified atom stereocenters. The van der Waals surface area contributed by atoms with E-state index in [0.29, 0.717) is 11.3 Å². The number of aliphatic hydroxyl groups is 1. The second-order valence-electron chi connectivity index (χ2n) is 5.83. The standard InChI is InChI=1S/C19H19N3O8/c1-29-18(25)12-2-4-13(5-3-12)21-17(24)11-30-19(26)15-10-14(22(27)28)6-7-16(15)20-8-9-23/h2-7,10,20,23H,8-9,11H2,1H3,(H,21,24). The molecular formula is C19H19N3O8. The Morgan fingerprint density at radius 2 is 1.80 bits per heavy atom. The zero-order valence-electron chi connectivity index (χ0n) is 15.9. The number of carbonyl (C=O) groups excluding carboxylic acids is 3. The van der Waals surface area contributed by atoms with E-state index < -0.39 is 29.4 Å². The van der Waals surface area contributed by atoms with E-state index in [1.807, 2.05) is 0 Å². The number of ether oxygens (including phenoxy) is 2. The van der Waals surface area contributed by atoms with E-state index in [9.17, 15) is 24.5 Å². The molecule has 1 amide bonds. The molecule has 0 atom stereocenters. The van der Waals surface area contributed by atoms with Gasteiger partial charge in [-0.1, -0.05) is 0 Å². The Labute approximate surface area is 170 Å². The van der Waals surface area contributed by atoms with Crippen LogP contribution in [0.25, 0.3) is 0 Å². The highest BCUT2D eigenvalue weighted by molar-refractivity contribution is 5.99. The van der Waals surface area contributed by atoms with Gasteiger partial charge in [0.2, 0.25) is 0 Å². The molecule has 2 aromatic rings. The van der Waals surface area contributed by atoms with Crippen molar-refractivity contribution >= 4 is 34.9 Å². The number of nitro benzene ring substituents is 1. The van der Waals surface area contributed by atoms with Crippen molar-refractivity contribution in [2.24, 2.45) is 0 Å². The molecule has 0 spiro atoms. The Bertz CT molecular complexity index is 943. The smallest absolute Gasteiger partial charge is 0.341 e. The van der Waals surface area contributed by atoms with Gasteiger partial charge in [-0.25, -0.2) is 9.59 Å². The number of nitrogens with zero attached hydrogens (tertiary/aromatic N) is 1. The highest BCUT2D eigenvalue weighted by Crippen LogP contribution is 2.23. The van der Waals surface area contributed by atoms with Crippen molar-refractivity contribution < 1.29 is 33.9 Å². The van der Waals surface area contributed by atoms with Crippen molar-refractivity contribution in [3.05, 3.63) is 63.7 Å². The van der Waals surface area contributed by atoms with E-state index in [0.717, 1.165) is 6.07 Å². The summed E-state index contributed by atoms with van der Waals surface area (Å²) in [6.45, 7) is -0.748. The van der Waals surface area contributed by atoms with Crippen LogP contribution in [0.4, 0.5) is 17.1 Å². The minimum Gasteiger partial charge on any atom is -0.465 e. The summed E-state index contributed by atoms with van der Waals surface area (Å²) >= 11 is 0. The van der Waals surface area contributed by atoms with Gasteiger partial charge >= 0.3 is 11.9 Å². The summed E-state index contributed by atoms with van der Waals surface area (Å²) < 4.78 is 9.52. The van der Waals surface area contributed by atoms with Crippen LogP contribution in [0.5, 0.6) is 0 Å². The van der Waals surface area contributed by atoms with Gasteiger partial charge in [-0.15, -0.1) is 0 Å². The Kier molecular flexibility index (Phi) is 7.82. The Balaban J connectivity index is 2.02. The minimum atomic E-state index is -0.949. The van der Waals surface area contributed by atoms with Gasteiger partial charge in [-0.3, -0.25) is 14.9 Å². The molecule has 0 radical (unpaired) electrons. The SMILES string of the molecule is COC(=O)c1ccc(NC(=O)COC(=O)c2cc([N+](=O)[O-])ccc2NCCO)cc1. The van der Waals surface area contributed by atoms with Gasteiger partial charge in [0, 0.05) is 30.1 Å². The third kappa shape index (κ3) is 6.01. The van der Waals surface area contributed by atoms with Gasteiger partial charge in [0.05, 0.1) is 29.8 Å². The number of rotatable bonds is 9. The molecular weight excluding hydrogens is 398 g/mol. The van der Waals surface area contributed by atoms with Crippen LogP contribution < -0.4 is 10.6 Å². The molecule has 0 bridgehead atoms. The molecule has 11 nitrogen and oxygen atoms in total. The summed E-state index contributed by atoms with van der Waals surface area (Å²) in [5, 5.41) is 25.1. The van der Waals surface area contributed by atoms with Crippen LogP contribution >= 0.6 is 0 Å². The van der Waals surface area contributed by atoms with Crippen molar-refractivity contribution in [3.63, 3.8) is 0 Å². The molecule has 0 saturated heterocycles. The number of carbonyl (C=O) groups is 3. The normalized spacial score (nSPS) is 10.1. The van der Waals surface area contributed by atoms with Gasteiger partial charge in [0.15, 0.2) is 6.61 Å². The van der Waals surface area contributed by atoms with E-state index in [4.69, 9.17) is 9.84 Å². The molecule has 0 aliphatic rings. The molecule has 0 fully saturated rings. The average molecular weight is 417 g/mol. The average Bonchev–Trinajstić information content (AvgIpc) is 2.75. The summed E-state index contributed by atoms with van der Waals surface area (Å²) in [4.78, 5) is 46.0. The van der Waals surface area contributed by atoms with Crippen molar-refractivity contribution in [1.29, 1.82) is 0 Å². The number of nitrogens with one attached hydrogen (secondary N) is 2. The lowest BCUT2D eigenvalue weighted by atomic mass is 10.1. The van der Waals surface area contributed by atoms with Crippen LogP contribution in [0.3, 0.4) is 0 Å². The Morgan fingerprint density at radius 1 is 1.10 bits per heavy atom. The van der Waals surface area contributed by atoms with E-state index >= 15 is 0 Å². The quantitative estimate of drug-likeness (QED) is 0.313. The number of anilines is 2.